The zero-order valence-electron chi connectivity index (χ0n) is 16.7. The molecule has 0 radical (unpaired) electrons. The third-order valence-electron chi connectivity index (χ3n) is 6.02. The summed E-state index contributed by atoms with van der Waals surface area (Å²) < 4.78 is 4.53. The molecule has 1 saturated carbocycles. The Balaban J connectivity index is 1.73. The third kappa shape index (κ3) is 2.89. The van der Waals surface area contributed by atoms with Gasteiger partial charge in [0.1, 0.15) is 5.65 Å². The van der Waals surface area contributed by atoms with Gasteiger partial charge in [-0.1, -0.05) is 31.0 Å². The molecule has 30 heavy (non-hydrogen) atoms. The van der Waals surface area contributed by atoms with Crippen LogP contribution in [0.4, 0.5) is 0 Å². The minimum atomic E-state index is -0.336. The minimum absolute atomic E-state index is 0.0707. The number of fused-ring (bicyclic) bond motifs is 2. The van der Waals surface area contributed by atoms with Crippen molar-refractivity contribution in [2.24, 2.45) is 0 Å². The van der Waals surface area contributed by atoms with E-state index in [9.17, 15) is 14.4 Å². The molecular formula is C23H22N4O3. The first kappa shape index (κ1) is 18.5. The summed E-state index contributed by atoms with van der Waals surface area (Å²) in [6, 6.07) is 14.0. The Bertz CT molecular complexity index is 1460. The first-order valence-electron chi connectivity index (χ1n) is 10.3. The summed E-state index contributed by atoms with van der Waals surface area (Å²) in [6.07, 6.45) is 3.71. The van der Waals surface area contributed by atoms with Crippen LogP contribution in [0, 0.1) is 6.92 Å². The highest BCUT2D eigenvalue weighted by molar-refractivity contribution is 5.78. The number of hydrogen-bond acceptors (Lipinski definition) is 4. The molecule has 1 aliphatic rings. The van der Waals surface area contributed by atoms with Crippen molar-refractivity contribution in [1.82, 2.24) is 18.5 Å². The SMILES string of the molecule is Cc1cccc2nc(Cn3c(=O)n(C4CCCC4)c(=O)c4ccccc43)cc(=O)n12. The Morgan fingerprint density at radius 3 is 2.57 bits per heavy atom. The van der Waals surface area contributed by atoms with E-state index < -0.39 is 0 Å². The summed E-state index contributed by atoms with van der Waals surface area (Å²) in [7, 11) is 0. The molecule has 0 atom stereocenters. The molecule has 5 rings (SSSR count). The van der Waals surface area contributed by atoms with E-state index >= 15 is 0 Å². The summed E-state index contributed by atoms with van der Waals surface area (Å²) in [5.41, 5.74) is 1.64. The lowest BCUT2D eigenvalue weighted by Gasteiger charge is -2.18. The molecule has 7 heteroatoms. The molecule has 0 amide bonds. The zero-order valence-corrected chi connectivity index (χ0v) is 16.7. The first-order valence-corrected chi connectivity index (χ1v) is 10.3. The van der Waals surface area contributed by atoms with Crippen molar-refractivity contribution in [3.8, 4) is 0 Å². The third-order valence-corrected chi connectivity index (χ3v) is 6.02. The molecule has 0 aliphatic heterocycles. The minimum Gasteiger partial charge on any atom is -0.287 e. The predicted molar refractivity (Wildman–Crippen MR) is 115 cm³/mol. The van der Waals surface area contributed by atoms with E-state index in [1.165, 1.54) is 10.6 Å². The van der Waals surface area contributed by atoms with Crippen molar-refractivity contribution in [1.29, 1.82) is 0 Å². The van der Waals surface area contributed by atoms with Gasteiger partial charge in [0.05, 0.1) is 23.1 Å². The topological polar surface area (TPSA) is 78.4 Å². The van der Waals surface area contributed by atoms with Crippen LogP contribution in [0.25, 0.3) is 16.6 Å². The van der Waals surface area contributed by atoms with E-state index in [1.807, 2.05) is 25.1 Å². The summed E-state index contributed by atoms with van der Waals surface area (Å²) >= 11 is 0. The van der Waals surface area contributed by atoms with Gasteiger partial charge in [0.2, 0.25) is 0 Å². The van der Waals surface area contributed by atoms with Gasteiger partial charge in [0.25, 0.3) is 11.1 Å². The van der Waals surface area contributed by atoms with Gasteiger partial charge < -0.3 is 0 Å². The number of nitrogens with zero attached hydrogens (tertiary/aromatic N) is 4. The number of para-hydroxylation sites is 1. The second-order valence-electron chi connectivity index (χ2n) is 7.95. The van der Waals surface area contributed by atoms with E-state index in [-0.39, 0.29) is 29.4 Å². The van der Waals surface area contributed by atoms with Gasteiger partial charge in [-0.05, 0) is 44.0 Å². The van der Waals surface area contributed by atoms with Crippen LogP contribution in [-0.4, -0.2) is 18.5 Å². The maximum atomic E-state index is 13.4. The Hall–Kier alpha value is -3.48. The Labute approximate surface area is 171 Å². The van der Waals surface area contributed by atoms with Crippen LogP contribution in [0.5, 0.6) is 0 Å². The number of rotatable bonds is 3. The second-order valence-corrected chi connectivity index (χ2v) is 7.95. The lowest BCUT2D eigenvalue weighted by Crippen LogP contribution is -2.42. The molecule has 1 aromatic carbocycles. The number of benzene rings is 1. The molecule has 0 saturated heterocycles. The molecule has 3 aromatic heterocycles. The zero-order chi connectivity index (χ0) is 20.8. The van der Waals surface area contributed by atoms with Crippen molar-refractivity contribution in [2.45, 2.75) is 45.2 Å². The fraction of sp³-hybridized carbons (Fsp3) is 0.304. The van der Waals surface area contributed by atoms with Crippen molar-refractivity contribution < 1.29 is 0 Å². The lowest BCUT2D eigenvalue weighted by molar-refractivity contribution is 0.465. The van der Waals surface area contributed by atoms with E-state index in [1.54, 1.807) is 33.2 Å². The van der Waals surface area contributed by atoms with Gasteiger partial charge in [-0.2, -0.15) is 0 Å². The molecule has 0 unspecified atom stereocenters. The molecule has 0 N–H and O–H groups in total. The van der Waals surface area contributed by atoms with Crippen LogP contribution < -0.4 is 16.8 Å². The van der Waals surface area contributed by atoms with E-state index in [0.717, 1.165) is 31.4 Å². The molecule has 1 aliphatic carbocycles. The maximum absolute atomic E-state index is 13.4. The van der Waals surface area contributed by atoms with E-state index in [2.05, 4.69) is 4.98 Å². The van der Waals surface area contributed by atoms with Crippen molar-refractivity contribution in [3.63, 3.8) is 0 Å². The average molecular weight is 402 g/mol. The standard InChI is InChI=1S/C23H22N4O3/c1-15-7-6-12-20-24-16(13-21(28)26(15)20)14-25-19-11-5-4-10-18(19)22(29)27(23(25)30)17-8-2-3-9-17/h4-7,10-13,17H,2-3,8-9,14H2,1H3. The van der Waals surface area contributed by atoms with Gasteiger partial charge in [0, 0.05) is 17.8 Å². The summed E-state index contributed by atoms with van der Waals surface area (Å²) in [5.74, 6) is 0. The van der Waals surface area contributed by atoms with Gasteiger partial charge in [-0.25, -0.2) is 9.78 Å². The molecule has 1 fully saturated rings. The first-order chi connectivity index (χ1) is 14.5. The summed E-state index contributed by atoms with van der Waals surface area (Å²) in [5, 5.41) is 0.511. The van der Waals surface area contributed by atoms with Crippen molar-refractivity contribution in [3.05, 3.63) is 91.1 Å². The van der Waals surface area contributed by atoms with Gasteiger partial charge in [0.15, 0.2) is 0 Å². The Kier molecular flexibility index (Phi) is 4.38. The predicted octanol–water partition coefficient (Wildman–Crippen LogP) is 2.64. The molecule has 0 bridgehead atoms. The molecule has 0 spiro atoms. The van der Waals surface area contributed by atoms with Crippen LogP contribution >= 0.6 is 0 Å². The Morgan fingerprint density at radius 2 is 1.77 bits per heavy atom. The second kappa shape index (κ2) is 7.09. The quantitative estimate of drug-likeness (QED) is 0.528. The molecule has 4 aromatic rings. The highest BCUT2D eigenvalue weighted by atomic mass is 16.2. The average Bonchev–Trinajstić information content (AvgIpc) is 3.25. The number of aryl methyl sites for hydroxylation is 1. The fourth-order valence-electron chi connectivity index (χ4n) is 4.58. The molecular weight excluding hydrogens is 380 g/mol. The van der Waals surface area contributed by atoms with Crippen LogP contribution in [0.1, 0.15) is 43.1 Å². The maximum Gasteiger partial charge on any atom is 0.332 e. The molecule has 3 heterocycles. The van der Waals surface area contributed by atoms with Gasteiger partial charge >= 0.3 is 5.69 Å². The lowest BCUT2D eigenvalue weighted by atomic mass is 10.2. The van der Waals surface area contributed by atoms with Crippen LogP contribution in [-0.2, 0) is 6.54 Å². The van der Waals surface area contributed by atoms with Gasteiger partial charge in [-0.15, -0.1) is 0 Å². The largest absolute Gasteiger partial charge is 0.332 e. The highest BCUT2D eigenvalue weighted by Crippen LogP contribution is 2.27. The van der Waals surface area contributed by atoms with E-state index in [4.69, 9.17) is 0 Å². The summed E-state index contributed by atoms with van der Waals surface area (Å²) in [4.78, 5) is 43.8. The molecule has 7 nitrogen and oxygen atoms in total. The van der Waals surface area contributed by atoms with Crippen molar-refractivity contribution >= 4 is 16.6 Å². The van der Waals surface area contributed by atoms with Crippen molar-refractivity contribution in [2.75, 3.05) is 0 Å². The Morgan fingerprint density at radius 1 is 1.00 bits per heavy atom. The normalized spacial score (nSPS) is 14.7. The van der Waals surface area contributed by atoms with Crippen LogP contribution in [0.2, 0.25) is 0 Å². The molecule has 152 valence electrons. The number of hydrogen-bond donors (Lipinski definition) is 0. The van der Waals surface area contributed by atoms with E-state index in [0.29, 0.717) is 22.2 Å². The number of pyridine rings is 1. The monoisotopic (exact) mass is 402 g/mol. The number of aromatic nitrogens is 4. The van der Waals surface area contributed by atoms with Crippen LogP contribution in [0.15, 0.2) is 62.9 Å². The van der Waals surface area contributed by atoms with Gasteiger partial charge in [-0.3, -0.25) is 23.1 Å². The van der Waals surface area contributed by atoms with Crippen LogP contribution in [0.3, 0.4) is 0 Å². The summed E-state index contributed by atoms with van der Waals surface area (Å²) in [6.45, 7) is 1.98. The highest BCUT2D eigenvalue weighted by Gasteiger charge is 2.23. The fourth-order valence-corrected chi connectivity index (χ4v) is 4.58. The smallest absolute Gasteiger partial charge is 0.287 e.